The molecule has 0 radical (unpaired) electrons. The van der Waals surface area contributed by atoms with E-state index in [-0.39, 0.29) is 5.75 Å². The van der Waals surface area contributed by atoms with E-state index in [1.807, 2.05) is 0 Å². The van der Waals surface area contributed by atoms with Gasteiger partial charge in [-0.05, 0) is 37.3 Å². The number of imide groups is 1. The Labute approximate surface area is 137 Å². The zero-order valence-electron chi connectivity index (χ0n) is 12.2. The molecule has 1 aliphatic heterocycles. The number of fused-ring (bicyclic) bond motifs is 1. The predicted octanol–water partition coefficient (Wildman–Crippen LogP) is 2.93. The number of halogens is 1. The molecule has 23 heavy (non-hydrogen) atoms. The van der Waals surface area contributed by atoms with Crippen LogP contribution in [-0.2, 0) is 4.79 Å². The molecule has 1 aliphatic rings. The SMILES string of the molecule is C[C@@H](C(=O)Oc1cccc(Cl)c1)N1C(=O)c2ccccc2C1=O. The Kier molecular flexibility index (Phi) is 3.88. The van der Waals surface area contributed by atoms with Gasteiger partial charge >= 0.3 is 5.97 Å². The molecule has 6 heteroatoms. The zero-order valence-corrected chi connectivity index (χ0v) is 12.9. The van der Waals surface area contributed by atoms with Gasteiger partial charge in [-0.2, -0.15) is 0 Å². The van der Waals surface area contributed by atoms with Crippen molar-refractivity contribution in [3.63, 3.8) is 0 Å². The lowest BCUT2D eigenvalue weighted by Crippen LogP contribution is -2.44. The number of hydrogen-bond acceptors (Lipinski definition) is 4. The zero-order chi connectivity index (χ0) is 16.6. The summed E-state index contributed by atoms with van der Waals surface area (Å²) in [7, 11) is 0. The van der Waals surface area contributed by atoms with Crippen molar-refractivity contribution >= 4 is 29.4 Å². The molecule has 0 aliphatic carbocycles. The Hall–Kier alpha value is -2.66. The average Bonchev–Trinajstić information content (AvgIpc) is 2.79. The van der Waals surface area contributed by atoms with E-state index in [4.69, 9.17) is 16.3 Å². The van der Waals surface area contributed by atoms with Crippen molar-refractivity contribution in [2.24, 2.45) is 0 Å². The van der Waals surface area contributed by atoms with Crippen LogP contribution in [-0.4, -0.2) is 28.7 Å². The molecule has 0 saturated heterocycles. The van der Waals surface area contributed by atoms with Gasteiger partial charge in [0, 0.05) is 5.02 Å². The van der Waals surface area contributed by atoms with Crippen LogP contribution in [0.15, 0.2) is 48.5 Å². The van der Waals surface area contributed by atoms with Crippen molar-refractivity contribution in [1.29, 1.82) is 0 Å². The van der Waals surface area contributed by atoms with Crippen LogP contribution in [0, 0.1) is 0 Å². The van der Waals surface area contributed by atoms with Crippen molar-refractivity contribution in [3.8, 4) is 5.75 Å². The first-order valence-electron chi connectivity index (χ1n) is 6.93. The highest BCUT2D eigenvalue weighted by molar-refractivity contribution is 6.30. The second kappa shape index (κ2) is 5.85. The second-order valence-electron chi connectivity index (χ2n) is 5.08. The highest BCUT2D eigenvalue weighted by Gasteiger charge is 2.41. The lowest BCUT2D eigenvalue weighted by molar-refractivity contribution is -0.138. The maximum Gasteiger partial charge on any atom is 0.334 e. The monoisotopic (exact) mass is 329 g/mol. The number of benzene rings is 2. The number of esters is 1. The Bertz CT molecular complexity index is 783. The number of rotatable bonds is 3. The lowest BCUT2D eigenvalue weighted by atomic mass is 10.1. The molecule has 3 rings (SSSR count). The number of ether oxygens (including phenoxy) is 1. The van der Waals surface area contributed by atoms with E-state index in [2.05, 4.69) is 0 Å². The van der Waals surface area contributed by atoms with Gasteiger partial charge in [0.25, 0.3) is 11.8 Å². The molecular formula is C17H12ClNO4. The van der Waals surface area contributed by atoms with Gasteiger partial charge in [-0.1, -0.05) is 29.8 Å². The van der Waals surface area contributed by atoms with Crippen molar-refractivity contribution in [2.75, 3.05) is 0 Å². The van der Waals surface area contributed by atoms with Crippen LogP contribution in [0.4, 0.5) is 0 Å². The molecule has 0 saturated carbocycles. The Balaban J connectivity index is 1.81. The molecular weight excluding hydrogens is 318 g/mol. The molecule has 0 fully saturated rings. The minimum absolute atomic E-state index is 0.256. The molecule has 116 valence electrons. The van der Waals surface area contributed by atoms with E-state index < -0.39 is 23.8 Å². The van der Waals surface area contributed by atoms with Gasteiger partial charge in [0.1, 0.15) is 11.8 Å². The van der Waals surface area contributed by atoms with Gasteiger partial charge in [-0.25, -0.2) is 4.79 Å². The molecule has 0 N–H and O–H groups in total. The van der Waals surface area contributed by atoms with Crippen LogP contribution in [0.2, 0.25) is 5.02 Å². The van der Waals surface area contributed by atoms with Gasteiger partial charge in [-0.3, -0.25) is 14.5 Å². The van der Waals surface area contributed by atoms with Crippen molar-refractivity contribution in [1.82, 2.24) is 4.90 Å². The first kappa shape index (κ1) is 15.2. The van der Waals surface area contributed by atoms with Crippen LogP contribution in [0.25, 0.3) is 0 Å². The van der Waals surface area contributed by atoms with Gasteiger partial charge in [0.05, 0.1) is 11.1 Å². The minimum atomic E-state index is -1.04. The number of nitrogens with zero attached hydrogens (tertiary/aromatic N) is 1. The summed E-state index contributed by atoms with van der Waals surface area (Å²) in [6.45, 7) is 1.45. The van der Waals surface area contributed by atoms with E-state index in [1.54, 1.807) is 42.5 Å². The Morgan fingerprint density at radius 3 is 2.22 bits per heavy atom. The summed E-state index contributed by atoms with van der Waals surface area (Å²) < 4.78 is 5.20. The van der Waals surface area contributed by atoms with E-state index >= 15 is 0 Å². The fourth-order valence-electron chi connectivity index (χ4n) is 2.40. The first-order chi connectivity index (χ1) is 11.0. The lowest BCUT2D eigenvalue weighted by Gasteiger charge is -2.20. The maximum absolute atomic E-state index is 12.3. The smallest absolute Gasteiger partial charge is 0.334 e. The van der Waals surface area contributed by atoms with E-state index in [9.17, 15) is 14.4 Å². The average molecular weight is 330 g/mol. The second-order valence-corrected chi connectivity index (χ2v) is 5.52. The Morgan fingerprint density at radius 2 is 1.65 bits per heavy atom. The highest BCUT2D eigenvalue weighted by atomic mass is 35.5. The van der Waals surface area contributed by atoms with E-state index in [0.29, 0.717) is 16.1 Å². The van der Waals surface area contributed by atoms with Gasteiger partial charge < -0.3 is 4.74 Å². The molecule has 1 atom stereocenters. The third kappa shape index (κ3) is 2.71. The number of carbonyl (C=O) groups is 3. The van der Waals surface area contributed by atoms with Crippen molar-refractivity contribution < 1.29 is 19.1 Å². The molecule has 1 heterocycles. The normalized spacial score (nSPS) is 14.6. The summed E-state index contributed by atoms with van der Waals surface area (Å²) in [6, 6.07) is 11.7. The molecule has 2 aromatic carbocycles. The number of amides is 2. The molecule has 2 amide bonds. The van der Waals surface area contributed by atoms with Crippen molar-refractivity contribution in [3.05, 3.63) is 64.7 Å². The fourth-order valence-corrected chi connectivity index (χ4v) is 2.58. The molecule has 0 aromatic heterocycles. The summed E-state index contributed by atoms with van der Waals surface area (Å²) in [5.74, 6) is -1.45. The van der Waals surface area contributed by atoms with E-state index in [0.717, 1.165) is 4.90 Å². The van der Waals surface area contributed by atoms with Crippen LogP contribution in [0.5, 0.6) is 5.75 Å². The largest absolute Gasteiger partial charge is 0.425 e. The summed E-state index contributed by atoms with van der Waals surface area (Å²) in [5.41, 5.74) is 0.583. The predicted molar refractivity (Wildman–Crippen MR) is 83.5 cm³/mol. The maximum atomic E-state index is 12.3. The van der Waals surface area contributed by atoms with Gasteiger partial charge in [0.2, 0.25) is 0 Å². The van der Waals surface area contributed by atoms with Crippen LogP contribution < -0.4 is 4.74 Å². The topological polar surface area (TPSA) is 63.7 Å². The highest BCUT2D eigenvalue weighted by Crippen LogP contribution is 2.25. The van der Waals surface area contributed by atoms with Crippen molar-refractivity contribution in [2.45, 2.75) is 13.0 Å². The standard InChI is InChI=1S/C17H12ClNO4/c1-10(17(22)23-12-6-4-5-11(18)9-12)19-15(20)13-7-2-3-8-14(13)16(19)21/h2-10H,1H3/t10-/m0/s1. The number of hydrogen-bond donors (Lipinski definition) is 0. The van der Waals surface area contributed by atoms with Crippen LogP contribution >= 0.6 is 11.6 Å². The summed E-state index contributed by atoms with van der Waals surface area (Å²) in [4.78, 5) is 37.8. The van der Waals surface area contributed by atoms with Gasteiger partial charge in [0.15, 0.2) is 0 Å². The van der Waals surface area contributed by atoms with Crippen LogP contribution in [0.1, 0.15) is 27.6 Å². The molecule has 0 bridgehead atoms. The fraction of sp³-hybridized carbons (Fsp3) is 0.118. The minimum Gasteiger partial charge on any atom is -0.425 e. The first-order valence-corrected chi connectivity index (χ1v) is 7.31. The molecule has 0 unspecified atom stereocenters. The number of carbonyl (C=O) groups excluding carboxylic acids is 3. The molecule has 5 nitrogen and oxygen atoms in total. The summed E-state index contributed by atoms with van der Waals surface area (Å²) in [6.07, 6.45) is 0. The molecule has 0 spiro atoms. The summed E-state index contributed by atoms with van der Waals surface area (Å²) in [5, 5.41) is 0.420. The molecule has 2 aromatic rings. The van der Waals surface area contributed by atoms with E-state index in [1.165, 1.54) is 13.0 Å². The summed E-state index contributed by atoms with van der Waals surface area (Å²) >= 11 is 5.83. The quantitative estimate of drug-likeness (QED) is 0.493. The third-order valence-electron chi connectivity index (χ3n) is 3.57. The van der Waals surface area contributed by atoms with Crippen LogP contribution in [0.3, 0.4) is 0 Å². The Morgan fingerprint density at radius 1 is 1.04 bits per heavy atom. The van der Waals surface area contributed by atoms with Gasteiger partial charge in [-0.15, -0.1) is 0 Å². The third-order valence-corrected chi connectivity index (χ3v) is 3.80.